The zero-order valence-corrected chi connectivity index (χ0v) is 10.6. The molecule has 5 nitrogen and oxygen atoms in total. The largest absolute Gasteiger partial charge is 0.480 e. The number of aryl methyl sites for hydroxylation is 1. The number of hydrogen-bond donors (Lipinski definition) is 2. The van der Waals surface area contributed by atoms with E-state index in [9.17, 15) is 9.59 Å². The molecule has 2 amide bonds. The molecule has 0 spiro atoms. The predicted octanol–water partition coefficient (Wildman–Crippen LogP) is 1.61. The van der Waals surface area contributed by atoms with Crippen LogP contribution < -0.4 is 5.32 Å². The summed E-state index contributed by atoms with van der Waals surface area (Å²) < 4.78 is 0. The average Bonchev–Trinajstić information content (AvgIpc) is 2.34. The van der Waals surface area contributed by atoms with Gasteiger partial charge in [0.1, 0.15) is 6.54 Å². The van der Waals surface area contributed by atoms with Gasteiger partial charge in [-0.2, -0.15) is 0 Å². The van der Waals surface area contributed by atoms with Gasteiger partial charge in [-0.15, -0.1) is 0 Å². The highest BCUT2D eigenvalue weighted by molar-refractivity contribution is 5.80. The molecule has 0 heterocycles. The van der Waals surface area contributed by atoms with Crippen LogP contribution in [0.15, 0.2) is 24.3 Å². The summed E-state index contributed by atoms with van der Waals surface area (Å²) in [5, 5.41) is 11.4. The maximum absolute atomic E-state index is 11.7. The van der Waals surface area contributed by atoms with Gasteiger partial charge in [-0.05, 0) is 19.4 Å². The van der Waals surface area contributed by atoms with Crippen LogP contribution in [0.25, 0.3) is 0 Å². The van der Waals surface area contributed by atoms with Gasteiger partial charge in [0.2, 0.25) is 0 Å². The standard InChI is InChI=1S/C13H18N2O3/c1-3-15(9-12(16)17)13(18)14-8-11-6-4-10(2)5-7-11/h4-7H,3,8-9H2,1-2H3,(H,14,18)(H,16,17). The second-order valence-corrected chi connectivity index (χ2v) is 4.05. The summed E-state index contributed by atoms with van der Waals surface area (Å²) in [4.78, 5) is 23.5. The molecule has 0 atom stereocenters. The van der Waals surface area contributed by atoms with Crippen molar-refractivity contribution in [2.45, 2.75) is 20.4 Å². The number of likely N-dealkylation sites (N-methyl/N-ethyl adjacent to an activating group) is 1. The number of rotatable bonds is 5. The fourth-order valence-corrected chi connectivity index (χ4v) is 1.49. The molecule has 0 aliphatic heterocycles. The van der Waals surface area contributed by atoms with Crippen LogP contribution in [-0.4, -0.2) is 35.1 Å². The molecular formula is C13H18N2O3. The first kappa shape index (κ1) is 14.0. The van der Waals surface area contributed by atoms with E-state index in [0.29, 0.717) is 13.1 Å². The molecule has 0 aliphatic carbocycles. The fraction of sp³-hybridized carbons (Fsp3) is 0.385. The Kier molecular flexibility index (Phi) is 5.17. The summed E-state index contributed by atoms with van der Waals surface area (Å²) in [7, 11) is 0. The first-order valence-corrected chi connectivity index (χ1v) is 5.83. The Bertz CT molecular complexity index is 415. The van der Waals surface area contributed by atoms with Gasteiger partial charge in [0.25, 0.3) is 0 Å². The van der Waals surface area contributed by atoms with E-state index in [-0.39, 0.29) is 12.6 Å². The molecule has 0 bridgehead atoms. The number of carboxylic acid groups (broad SMARTS) is 1. The molecule has 0 aromatic heterocycles. The maximum atomic E-state index is 11.7. The van der Waals surface area contributed by atoms with E-state index in [4.69, 9.17) is 5.11 Å². The zero-order chi connectivity index (χ0) is 13.5. The van der Waals surface area contributed by atoms with E-state index in [0.717, 1.165) is 11.1 Å². The summed E-state index contributed by atoms with van der Waals surface area (Å²) in [6, 6.07) is 7.44. The van der Waals surface area contributed by atoms with Crippen molar-refractivity contribution in [3.8, 4) is 0 Å². The minimum atomic E-state index is -1.01. The van der Waals surface area contributed by atoms with Gasteiger partial charge >= 0.3 is 12.0 Å². The Labute approximate surface area is 106 Å². The van der Waals surface area contributed by atoms with E-state index >= 15 is 0 Å². The minimum absolute atomic E-state index is 0.282. The van der Waals surface area contributed by atoms with Gasteiger partial charge in [0, 0.05) is 13.1 Å². The Morgan fingerprint density at radius 1 is 1.28 bits per heavy atom. The Morgan fingerprint density at radius 2 is 1.89 bits per heavy atom. The molecule has 1 aromatic rings. The van der Waals surface area contributed by atoms with Crippen LogP contribution in [0, 0.1) is 6.92 Å². The monoisotopic (exact) mass is 250 g/mol. The number of urea groups is 1. The fourth-order valence-electron chi connectivity index (χ4n) is 1.49. The highest BCUT2D eigenvalue weighted by Gasteiger charge is 2.13. The topological polar surface area (TPSA) is 69.6 Å². The van der Waals surface area contributed by atoms with Gasteiger partial charge in [-0.3, -0.25) is 4.79 Å². The number of amides is 2. The van der Waals surface area contributed by atoms with Gasteiger partial charge in [0.15, 0.2) is 0 Å². The smallest absolute Gasteiger partial charge is 0.323 e. The van der Waals surface area contributed by atoms with E-state index in [1.807, 2.05) is 31.2 Å². The lowest BCUT2D eigenvalue weighted by Gasteiger charge is -2.19. The van der Waals surface area contributed by atoms with Crippen molar-refractivity contribution in [1.29, 1.82) is 0 Å². The van der Waals surface area contributed by atoms with Crippen molar-refractivity contribution in [2.24, 2.45) is 0 Å². The summed E-state index contributed by atoms with van der Waals surface area (Å²) in [6.07, 6.45) is 0. The molecule has 1 aromatic carbocycles. The van der Waals surface area contributed by atoms with Crippen LogP contribution in [0.3, 0.4) is 0 Å². The quantitative estimate of drug-likeness (QED) is 0.834. The van der Waals surface area contributed by atoms with Gasteiger partial charge in [0.05, 0.1) is 0 Å². The summed E-state index contributed by atoms with van der Waals surface area (Å²) in [5.41, 5.74) is 2.14. The Hall–Kier alpha value is -2.04. The molecule has 5 heteroatoms. The van der Waals surface area contributed by atoms with Crippen molar-refractivity contribution < 1.29 is 14.7 Å². The van der Waals surface area contributed by atoms with E-state index in [1.54, 1.807) is 6.92 Å². The zero-order valence-electron chi connectivity index (χ0n) is 10.6. The number of nitrogens with zero attached hydrogens (tertiary/aromatic N) is 1. The van der Waals surface area contributed by atoms with Crippen LogP contribution in [0.2, 0.25) is 0 Å². The molecular weight excluding hydrogens is 232 g/mol. The third-order valence-corrected chi connectivity index (χ3v) is 2.56. The molecule has 1 rings (SSSR count). The summed E-state index contributed by atoms with van der Waals surface area (Å²) >= 11 is 0. The molecule has 0 saturated heterocycles. The highest BCUT2D eigenvalue weighted by atomic mass is 16.4. The molecule has 0 fully saturated rings. The van der Waals surface area contributed by atoms with E-state index in [2.05, 4.69) is 5.32 Å². The second kappa shape index (κ2) is 6.64. The number of nitrogens with one attached hydrogen (secondary N) is 1. The van der Waals surface area contributed by atoms with E-state index < -0.39 is 5.97 Å². The number of carbonyl (C=O) groups excluding carboxylic acids is 1. The molecule has 2 N–H and O–H groups in total. The van der Waals surface area contributed by atoms with Crippen molar-refractivity contribution in [2.75, 3.05) is 13.1 Å². The van der Waals surface area contributed by atoms with Crippen LogP contribution in [-0.2, 0) is 11.3 Å². The van der Waals surface area contributed by atoms with Crippen LogP contribution in [0.5, 0.6) is 0 Å². The number of benzene rings is 1. The van der Waals surface area contributed by atoms with Gasteiger partial charge in [-0.1, -0.05) is 29.8 Å². The first-order chi connectivity index (χ1) is 8.52. The van der Waals surface area contributed by atoms with Crippen molar-refractivity contribution >= 4 is 12.0 Å². The highest BCUT2D eigenvalue weighted by Crippen LogP contribution is 2.02. The van der Waals surface area contributed by atoms with E-state index in [1.165, 1.54) is 4.90 Å². The van der Waals surface area contributed by atoms with Gasteiger partial charge in [-0.25, -0.2) is 4.79 Å². The minimum Gasteiger partial charge on any atom is -0.480 e. The summed E-state index contributed by atoms with van der Waals surface area (Å²) in [5.74, 6) is -1.01. The molecule has 0 unspecified atom stereocenters. The Morgan fingerprint density at radius 3 is 2.39 bits per heavy atom. The van der Waals surface area contributed by atoms with Crippen LogP contribution in [0.4, 0.5) is 4.79 Å². The lowest BCUT2D eigenvalue weighted by atomic mass is 10.1. The normalized spacial score (nSPS) is 9.89. The van der Waals surface area contributed by atoms with Crippen LogP contribution >= 0.6 is 0 Å². The third-order valence-electron chi connectivity index (χ3n) is 2.56. The average molecular weight is 250 g/mol. The number of carboxylic acids is 1. The second-order valence-electron chi connectivity index (χ2n) is 4.05. The third kappa shape index (κ3) is 4.45. The molecule has 0 aliphatic rings. The predicted molar refractivity (Wildman–Crippen MR) is 68.3 cm³/mol. The van der Waals surface area contributed by atoms with Crippen molar-refractivity contribution in [1.82, 2.24) is 10.2 Å². The van der Waals surface area contributed by atoms with Crippen molar-refractivity contribution in [3.63, 3.8) is 0 Å². The van der Waals surface area contributed by atoms with Gasteiger partial charge < -0.3 is 15.3 Å². The van der Waals surface area contributed by atoms with Crippen LogP contribution in [0.1, 0.15) is 18.1 Å². The van der Waals surface area contributed by atoms with Crippen molar-refractivity contribution in [3.05, 3.63) is 35.4 Å². The molecule has 0 radical (unpaired) electrons. The number of aliphatic carboxylic acids is 1. The number of carbonyl (C=O) groups is 2. The maximum Gasteiger partial charge on any atom is 0.323 e. The number of hydrogen-bond acceptors (Lipinski definition) is 2. The lowest BCUT2D eigenvalue weighted by Crippen LogP contribution is -2.42. The SMILES string of the molecule is CCN(CC(=O)O)C(=O)NCc1ccc(C)cc1. The Balaban J connectivity index is 2.49. The molecule has 0 saturated carbocycles. The molecule has 18 heavy (non-hydrogen) atoms. The first-order valence-electron chi connectivity index (χ1n) is 5.83. The lowest BCUT2D eigenvalue weighted by molar-refractivity contribution is -0.137. The summed E-state index contributed by atoms with van der Waals surface area (Å²) in [6.45, 7) is 4.22. The molecule has 98 valence electrons.